The number of benzene rings is 1. The van der Waals surface area contributed by atoms with Crippen molar-refractivity contribution in [1.82, 2.24) is 10.6 Å². The van der Waals surface area contributed by atoms with E-state index in [2.05, 4.69) is 10.6 Å². The van der Waals surface area contributed by atoms with Gasteiger partial charge in [-0.15, -0.1) is 35.6 Å². The fourth-order valence-corrected chi connectivity index (χ4v) is 5.97. The van der Waals surface area contributed by atoms with Gasteiger partial charge >= 0.3 is 15.2 Å². The topological polar surface area (TPSA) is 223 Å². The van der Waals surface area contributed by atoms with Crippen LogP contribution in [0.15, 0.2) is 24.3 Å². The Hall–Kier alpha value is -0.950. The molecule has 0 aliphatic carbocycles. The lowest BCUT2D eigenvalue weighted by molar-refractivity contribution is -0.129. The van der Waals surface area contributed by atoms with Crippen molar-refractivity contribution in [2.24, 2.45) is 5.73 Å². The van der Waals surface area contributed by atoms with Crippen LogP contribution >= 0.6 is 50.8 Å². The van der Waals surface area contributed by atoms with Crippen LogP contribution in [0.3, 0.4) is 0 Å². The Balaban J connectivity index is 0.0000137. The van der Waals surface area contributed by atoms with Crippen LogP contribution in [0.5, 0.6) is 0 Å². The highest BCUT2D eigenvalue weighted by Crippen LogP contribution is 2.69. The Morgan fingerprint density at radius 3 is 1.97 bits per heavy atom. The van der Waals surface area contributed by atoms with Gasteiger partial charge in [-0.05, 0) is 37.5 Å². The zero-order valence-electron chi connectivity index (χ0n) is 20.6. The molecule has 9 N–H and O–H groups in total. The van der Waals surface area contributed by atoms with E-state index in [1.807, 2.05) is 29.2 Å². The zero-order chi connectivity index (χ0) is 28.4. The molecule has 38 heavy (non-hydrogen) atoms. The van der Waals surface area contributed by atoms with E-state index in [4.69, 9.17) is 48.5 Å². The number of halogens is 3. The fraction of sp³-hybridized carbons (Fsp3) is 0.600. The molecule has 0 aliphatic rings. The molecule has 220 valence electrons. The number of carbonyl (C=O) groups excluding carboxylic acids is 2. The summed E-state index contributed by atoms with van der Waals surface area (Å²) in [5.41, 5.74) is 7.70. The lowest BCUT2D eigenvalue weighted by Crippen LogP contribution is -2.51. The van der Waals surface area contributed by atoms with Gasteiger partial charge < -0.3 is 45.9 Å². The zero-order valence-corrected chi connectivity index (χ0v) is 24.7. The highest BCUT2D eigenvalue weighted by atomic mass is 35.5. The minimum Gasteiger partial charge on any atom is -0.369 e. The third kappa shape index (κ3) is 10.9. The maximum absolute atomic E-state index is 12.4. The van der Waals surface area contributed by atoms with E-state index in [1.54, 1.807) is 0 Å². The minimum atomic E-state index is -5.57. The molecule has 13 nitrogen and oxygen atoms in total. The monoisotopic (exact) mass is 642 g/mol. The molecule has 0 bridgehead atoms. The number of hydrogen-bond donors (Lipinski definition) is 8. The number of rotatable bonds is 16. The van der Waals surface area contributed by atoms with Crippen molar-refractivity contribution in [1.29, 1.82) is 0 Å². The molecule has 0 radical (unpaired) electrons. The number of hydrogen-bond acceptors (Lipinski definition) is 7. The van der Waals surface area contributed by atoms with Gasteiger partial charge in [0.05, 0.1) is 6.04 Å². The first-order chi connectivity index (χ1) is 17.1. The number of anilines is 1. The van der Waals surface area contributed by atoms with Gasteiger partial charge in [-0.3, -0.25) is 18.7 Å². The van der Waals surface area contributed by atoms with E-state index >= 15 is 0 Å². The van der Waals surface area contributed by atoms with Crippen LogP contribution < -0.4 is 21.3 Å². The molecule has 0 fully saturated rings. The Kier molecular flexibility index (Phi) is 15.9. The molecule has 0 aromatic heterocycles. The number of nitrogens with one attached hydrogen (secondary N) is 2. The number of carbonyl (C=O) groups is 2. The molecule has 1 aromatic rings. The Morgan fingerprint density at radius 1 is 1.03 bits per heavy atom. The van der Waals surface area contributed by atoms with Crippen molar-refractivity contribution in [3.63, 3.8) is 0 Å². The molecular weight excluding hydrogens is 609 g/mol. The largest absolute Gasteiger partial charge is 0.369 e. The standard InChI is InChI=1S/C20H34Cl2N4O9P2.ClH/c1-14(18(27)24-10-2-7-20(29,36(30,31)32)37(33,34)35)25-19(28)17(23)13-15-3-5-16(6-4-15)26(11-8-21)12-9-22;/h3-6,14,17,29H,2,7-13,23H2,1H3,(H,24,27)(H,25,28)(H2,30,31,32)(H2,33,34,35);1H/t14-,17-;/m0./s1. The summed E-state index contributed by atoms with van der Waals surface area (Å²) in [6.07, 6.45) is -1.13. The van der Waals surface area contributed by atoms with Gasteiger partial charge in [0.2, 0.25) is 11.8 Å². The van der Waals surface area contributed by atoms with E-state index in [1.165, 1.54) is 6.92 Å². The van der Waals surface area contributed by atoms with Crippen molar-refractivity contribution >= 4 is 68.3 Å². The second kappa shape index (κ2) is 16.3. The molecule has 0 heterocycles. The van der Waals surface area contributed by atoms with Gasteiger partial charge in [-0.2, -0.15) is 0 Å². The Bertz CT molecular complexity index is 966. The van der Waals surface area contributed by atoms with Gasteiger partial charge in [0, 0.05) is 43.5 Å². The van der Waals surface area contributed by atoms with E-state index in [-0.39, 0.29) is 31.8 Å². The third-order valence-electron chi connectivity index (χ3n) is 5.48. The van der Waals surface area contributed by atoms with Crippen molar-refractivity contribution < 1.29 is 43.4 Å². The van der Waals surface area contributed by atoms with Crippen molar-refractivity contribution in [2.75, 3.05) is 36.3 Å². The van der Waals surface area contributed by atoms with E-state index < -0.39 is 50.6 Å². The molecule has 18 heteroatoms. The van der Waals surface area contributed by atoms with Crippen LogP contribution in [0.1, 0.15) is 25.3 Å². The molecule has 2 amide bonds. The van der Waals surface area contributed by atoms with E-state index in [9.17, 15) is 23.8 Å². The Labute approximate surface area is 237 Å². The van der Waals surface area contributed by atoms with Gasteiger partial charge in [-0.1, -0.05) is 12.1 Å². The minimum absolute atomic E-state index is 0. The van der Waals surface area contributed by atoms with Crippen molar-refractivity contribution in [3.05, 3.63) is 29.8 Å². The number of nitrogens with zero attached hydrogens (tertiary/aromatic N) is 1. The smallest absolute Gasteiger partial charge is 0.369 e. The molecule has 0 unspecified atom stereocenters. The second-order valence-corrected chi connectivity index (χ2v) is 13.1. The summed E-state index contributed by atoms with van der Waals surface area (Å²) in [5.74, 6) is -0.369. The normalized spacial score (nSPS) is 13.7. The highest BCUT2D eigenvalue weighted by Gasteiger charge is 2.58. The molecule has 0 spiro atoms. The third-order valence-corrected chi connectivity index (χ3v) is 9.69. The first-order valence-corrected chi connectivity index (χ1v) is 15.5. The molecular formula is C20H35Cl3N4O9P2. The van der Waals surface area contributed by atoms with Crippen LogP contribution in [-0.2, 0) is 25.1 Å². The van der Waals surface area contributed by atoms with E-state index in [0.29, 0.717) is 24.8 Å². The Morgan fingerprint density at radius 2 is 1.53 bits per heavy atom. The molecule has 0 saturated carbocycles. The highest BCUT2D eigenvalue weighted by molar-refractivity contribution is 7.72. The van der Waals surface area contributed by atoms with Gasteiger partial charge in [-0.25, -0.2) is 0 Å². The van der Waals surface area contributed by atoms with Crippen LogP contribution in [0, 0.1) is 0 Å². The average Bonchev–Trinajstić information content (AvgIpc) is 2.80. The summed E-state index contributed by atoms with van der Waals surface area (Å²) in [4.78, 5) is 63.1. The molecule has 2 atom stereocenters. The first-order valence-electron chi connectivity index (χ1n) is 11.2. The van der Waals surface area contributed by atoms with Crippen LogP contribution in [0.25, 0.3) is 0 Å². The van der Waals surface area contributed by atoms with Crippen LogP contribution in [0.4, 0.5) is 5.69 Å². The molecule has 0 aliphatic heterocycles. The molecule has 0 saturated heterocycles. The number of alkyl halides is 2. The predicted octanol–water partition coefficient (Wildman–Crippen LogP) is 0.665. The summed E-state index contributed by atoms with van der Waals surface area (Å²) < 4.78 is 22.7. The van der Waals surface area contributed by atoms with Gasteiger partial charge in [0.25, 0.3) is 5.08 Å². The second-order valence-electron chi connectivity index (χ2n) is 8.33. The van der Waals surface area contributed by atoms with Crippen LogP contribution in [0.2, 0.25) is 0 Å². The summed E-state index contributed by atoms with van der Waals surface area (Å²) in [7, 11) is -11.1. The lowest BCUT2D eigenvalue weighted by atomic mass is 10.0. The van der Waals surface area contributed by atoms with Crippen molar-refractivity contribution in [2.45, 2.75) is 43.4 Å². The van der Waals surface area contributed by atoms with Crippen LogP contribution in [-0.4, -0.2) is 85.1 Å². The number of nitrogens with two attached hydrogens (primary N) is 1. The lowest BCUT2D eigenvalue weighted by Gasteiger charge is -2.29. The molecule has 1 rings (SSSR count). The summed E-state index contributed by atoms with van der Waals surface area (Å²) in [6.45, 7) is 2.37. The SMILES string of the molecule is C[C@H](NC(=O)[C@@H](N)Cc1ccc(N(CCCl)CCCl)cc1)C(=O)NCCCC(O)(P(=O)(O)O)P(=O)(O)O.Cl. The summed E-state index contributed by atoms with van der Waals surface area (Å²) >= 11 is 11.7. The quantitative estimate of drug-likeness (QED) is 0.0710. The fourth-order valence-electron chi connectivity index (χ4n) is 3.30. The molecule has 1 aromatic carbocycles. The first kappa shape index (κ1) is 37.0. The van der Waals surface area contributed by atoms with Gasteiger partial charge in [0.1, 0.15) is 6.04 Å². The predicted molar refractivity (Wildman–Crippen MR) is 148 cm³/mol. The maximum Gasteiger partial charge on any atom is 0.369 e. The average molecular weight is 644 g/mol. The van der Waals surface area contributed by atoms with Crippen molar-refractivity contribution in [3.8, 4) is 0 Å². The van der Waals surface area contributed by atoms with Gasteiger partial charge in [0.15, 0.2) is 0 Å². The number of aliphatic hydroxyl groups is 1. The summed E-state index contributed by atoms with van der Waals surface area (Å²) in [6, 6.07) is 5.41. The maximum atomic E-state index is 12.4. The van der Waals surface area contributed by atoms with E-state index in [0.717, 1.165) is 11.3 Å². The number of amides is 2. The summed E-state index contributed by atoms with van der Waals surface area (Å²) in [5, 5.41) is 11.1.